The number of carbonyl (C=O) groups is 10. The molecule has 0 spiro atoms. The maximum Gasteiger partial charge on any atom is 0.328 e. The smallest absolute Gasteiger partial charge is 0.328 e. The van der Waals surface area contributed by atoms with Gasteiger partial charge in [0.05, 0.1) is 25.6 Å². The van der Waals surface area contributed by atoms with E-state index in [1.807, 2.05) is 0 Å². The van der Waals surface area contributed by atoms with E-state index in [1.54, 1.807) is 71.9 Å². The van der Waals surface area contributed by atoms with Crippen LogP contribution in [0.1, 0.15) is 99.0 Å². The van der Waals surface area contributed by atoms with Gasteiger partial charge in [0.1, 0.15) is 42.3 Å². The molecule has 0 aliphatic heterocycles. The van der Waals surface area contributed by atoms with Gasteiger partial charge in [-0.3, -0.25) is 43.2 Å². The third kappa shape index (κ3) is 22.5. The average Bonchev–Trinajstić information content (AvgIpc) is 3.27. The summed E-state index contributed by atoms with van der Waals surface area (Å²) in [6, 6.07) is -1.52. The Labute approximate surface area is 397 Å². The Morgan fingerprint density at radius 1 is 0.618 bits per heavy atom. The maximum absolute atomic E-state index is 13.7. The Kier molecular flexibility index (Phi) is 27.2. The number of aliphatic hydroxyl groups excluding tert-OH is 1. The number of aliphatic hydroxyl groups is 1. The number of nitrogens with one attached hydrogen (secondary N) is 8. The molecule has 0 heterocycles. The Morgan fingerprint density at radius 2 is 1.15 bits per heavy atom. The van der Waals surface area contributed by atoms with E-state index in [0.717, 1.165) is 0 Å². The first-order valence-electron chi connectivity index (χ1n) is 22.9. The second-order valence-electron chi connectivity index (χ2n) is 17.7. The fourth-order valence-corrected chi connectivity index (χ4v) is 6.70. The normalized spacial score (nSPS) is 15.1. The quantitative estimate of drug-likeness (QED) is 0.0327. The van der Waals surface area contributed by atoms with E-state index in [0.29, 0.717) is 31.4 Å². The molecule has 0 radical (unpaired) electrons. The van der Waals surface area contributed by atoms with E-state index in [4.69, 9.17) is 17.2 Å². The van der Waals surface area contributed by atoms with E-state index < -0.39 is 133 Å². The first kappa shape index (κ1) is 59.8. The van der Waals surface area contributed by atoms with E-state index in [2.05, 4.69) is 42.5 Å². The minimum atomic E-state index is -1.61. The number of carbonyl (C=O) groups excluding carboxylic acids is 9. The van der Waals surface area contributed by atoms with Crippen molar-refractivity contribution < 1.29 is 58.2 Å². The number of benzene rings is 1. The molecule has 0 saturated heterocycles. The van der Waals surface area contributed by atoms with Crippen LogP contribution in [-0.2, 0) is 54.4 Å². The summed E-state index contributed by atoms with van der Waals surface area (Å²) in [7, 11) is 0. The highest BCUT2D eigenvalue weighted by Crippen LogP contribution is 2.13. The van der Waals surface area contributed by atoms with E-state index >= 15 is 0 Å². The number of primary amides is 1. The van der Waals surface area contributed by atoms with Gasteiger partial charge in [0.25, 0.3) is 0 Å². The molecule has 1 aromatic carbocycles. The number of unbranched alkanes of at least 4 members (excludes halogenated alkanes) is 1. The van der Waals surface area contributed by atoms with E-state index in [1.165, 1.54) is 6.92 Å². The van der Waals surface area contributed by atoms with Gasteiger partial charge in [-0.05, 0) is 68.9 Å². The highest BCUT2D eigenvalue weighted by atomic mass is 16.4. The van der Waals surface area contributed by atoms with Gasteiger partial charge >= 0.3 is 5.97 Å². The van der Waals surface area contributed by atoms with E-state index in [9.17, 15) is 58.2 Å². The molecule has 0 aromatic heterocycles. The molecule has 9 atom stereocenters. The molecule has 0 bridgehead atoms. The molecule has 0 aliphatic rings. The van der Waals surface area contributed by atoms with Crippen LogP contribution >= 0.6 is 0 Å². The van der Waals surface area contributed by atoms with Crippen molar-refractivity contribution in [3.05, 3.63) is 35.9 Å². The van der Waals surface area contributed by atoms with Crippen LogP contribution in [0, 0.1) is 17.8 Å². The minimum Gasteiger partial charge on any atom is -0.480 e. The number of rotatable bonds is 32. The lowest BCUT2D eigenvalue weighted by molar-refractivity contribution is -0.143. The van der Waals surface area contributed by atoms with Gasteiger partial charge in [-0.25, -0.2) is 4.79 Å². The van der Waals surface area contributed by atoms with Crippen LogP contribution in [0.4, 0.5) is 0 Å². The van der Waals surface area contributed by atoms with Crippen molar-refractivity contribution in [1.29, 1.82) is 0 Å². The first-order valence-corrected chi connectivity index (χ1v) is 22.9. The number of amides is 9. The summed E-state index contributed by atoms with van der Waals surface area (Å²) in [5.74, 6) is -9.22. The van der Waals surface area contributed by atoms with Crippen molar-refractivity contribution >= 4 is 59.1 Å². The zero-order chi connectivity index (χ0) is 51.7. The Hall–Kier alpha value is -6.20. The summed E-state index contributed by atoms with van der Waals surface area (Å²) in [4.78, 5) is 130. The summed E-state index contributed by atoms with van der Waals surface area (Å²) >= 11 is 0. The molecule has 23 nitrogen and oxygen atoms in total. The topological polar surface area (TPSA) is 385 Å². The van der Waals surface area contributed by atoms with Crippen LogP contribution in [0.2, 0.25) is 0 Å². The summed E-state index contributed by atoms with van der Waals surface area (Å²) in [5, 5.41) is 38.9. The minimum absolute atomic E-state index is 0.0195. The van der Waals surface area contributed by atoms with Crippen LogP contribution in [0.15, 0.2) is 30.3 Å². The zero-order valence-electron chi connectivity index (χ0n) is 40.2. The zero-order valence-corrected chi connectivity index (χ0v) is 40.2. The molecule has 0 fully saturated rings. The predicted molar refractivity (Wildman–Crippen MR) is 250 cm³/mol. The molecular formula is C45H75N11O12. The summed E-state index contributed by atoms with van der Waals surface area (Å²) in [6.07, 6.45) is 1.22. The summed E-state index contributed by atoms with van der Waals surface area (Å²) < 4.78 is 0. The number of hydrogen-bond donors (Lipinski definition) is 13. The molecular weight excluding hydrogens is 887 g/mol. The number of nitrogens with two attached hydrogens (primary N) is 3. The molecule has 0 unspecified atom stereocenters. The third-order valence-corrected chi connectivity index (χ3v) is 10.7. The molecule has 16 N–H and O–H groups in total. The fraction of sp³-hybridized carbons (Fsp3) is 0.644. The van der Waals surface area contributed by atoms with Gasteiger partial charge in [-0.15, -0.1) is 0 Å². The van der Waals surface area contributed by atoms with Crippen LogP contribution in [-0.4, -0.2) is 137 Å². The molecule has 23 heteroatoms. The van der Waals surface area contributed by atoms with Gasteiger partial charge in [0.2, 0.25) is 53.2 Å². The van der Waals surface area contributed by atoms with Gasteiger partial charge < -0.3 is 69.9 Å². The van der Waals surface area contributed by atoms with Crippen molar-refractivity contribution in [1.82, 2.24) is 42.5 Å². The highest BCUT2D eigenvalue weighted by Gasteiger charge is 2.34. The molecule has 9 amide bonds. The standard InChI is InChI=1S/C45H75N11O12/c1-8-26(6)37(44(66)55-34(23-57)45(67)68)56-43(65)32(19-25(4)5)53-38(60)27(7)50-42(64)31(18-24(2)3)51-36(59)22-49-40(62)33(20-28-14-10-9-11-15-28)54-41(63)30(16-12-13-17-46)52-39(61)29(47)21-35(48)58/h9-11,14-15,24-27,29-34,37,57H,8,12-13,16-23,46-47H2,1-7H3,(H2,48,58)(H,49,62)(H,50,64)(H,51,59)(H,52,61)(H,53,60)(H,54,63)(H,55,66)(H,56,65)(H,67,68)/t26-,27-,29-,30-,31-,32-,33-,34-,37-/m0/s1. The molecule has 0 saturated carbocycles. The lowest BCUT2D eigenvalue weighted by Gasteiger charge is -2.29. The van der Waals surface area contributed by atoms with Crippen molar-refractivity contribution in [3.8, 4) is 0 Å². The number of aliphatic carboxylic acids is 1. The third-order valence-electron chi connectivity index (χ3n) is 10.7. The average molecular weight is 962 g/mol. The van der Waals surface area contributed by atoms with Crippen LogP contribution < -0.4 is 59.7 Å². The Morgan fingerprint density at radius 3 is 1.68 bits per heavy atom. The first-order chi connectivity index (χ1) is 31.9. The van der Waals surface area contributed by atoms with Gasteiger partial charge in [-0.2, -0.15) is 0 Å². The fourth-order valence-electron chi connectivity index (χ4n) is 6.70. The Bertz CT molecular complexity index is 1850. The van der Waals surface area contributed by atoms with Crippen molar-refractivity contribution in [2.24, 2.45) is 35.0 Å². The molecule has 1 rings (SSSR count). The molecule has 0 aliphatic carbocycles. The second-order valence-corrected chi connectivity index (χ2v) is 17.7. The molecule has 1 aromatic rings. The van der Waals surface area contributed by atoms with Gasteiger partial charge in [0.15, 0.2) is 0 Å². The summed E-state index contributed by atoms with van der Waals surface area (Å²) in [6.45, 7) is 10.8. The maximum atomic E-state index is 13.7. The highest BCUT2D eigenvalue weighted by molar-refractivity contribution is 5.97. The number of hydrogen-bond acceptors (Lipinski definition) is 13. The predicted octanol–water partition coefficient (Wildman–Crippen LogP) is -2.69. The monoisotopic (exact) mass is 962 g/mol. The second kappa shape index (κ2) is 31.0. The van der Waals surface area contributed by atoms with E-state index in [-0.39, 0.29) is 37.5 Å². The van der Waals surface area contributed by atoms with Crippen LogP contribution in [0.5, 0.6) is 0 Å². The lowest BCUT2D eigenvalue weighted by atomic mass is 9.96. The van der Waals surface area contributed by atoms with Gasteiger partial charge in [-0.1, -0.05) is 78.3 Å². The summed E-state index contributed by atoms with van der Waals surface area (Å²) in [5.41, 5.74) is 17.3. The number of carboxylic acid groups (broad SMARTS) is 1. The molecule has 68 heavy (non-hydrogen) atoms. The van der Waals surface area contributed by atoms with Crippen LogP contribution in [0.25, 0.3) is 0 Å². The van der Waals surface area contributed by atoms with Gasteiger partial charge in [0, 0.05) is 6.42 Å². The van der Waals surface area contributed by atoms with Crippen LogP contribution in [0.3, 0.4) is 0 Å². The molecule has 382 valence electrons. The largest absolute Gasteiger partial charge is 0.480 e. The Balaban J connectivity index is 3.17. The number of carboxylic acids is 1. The lowest BCUT2D eigenvalue weighted by Crippen LogP contribution is -2.60. The SMILES string of the molecule is CC[C@H](C)[C@H](NC(=O)[C@H](CC(C)C)NC(=O)[C@H](C)NC(=O)[C@H](CC(C)C)NC(=O)CNC(=O)[C@H](Cc1ccccc1)NC(=O)[C@H](CCCCN)NC(=O)[C@@H](N)CC(N)=O)C(=O)N[C@@H](CO)C(=O)O. The van der Waals surface area contributed by atoms with Crippen molar-refractivity contribution in [2.45, 2.75) is 148 Å². The van der Waals surface area contributed by atoms with Crippen molar-refractivity contribution in [3.63, 3.8) is 0 Å². The van der Waals surface area contributed by atoms with Crippen molar-refractivity contribution in [2.75, 3.05) is 19.7 Å².